The van der Waals surface area contributed by atoms with E-state index in [1.165, 1.54) is 11.3 Å². The second-order valence-corrected chi connectivity index (χ2v) is 4.81. The molecule has 2 heterocycles. The van der Waals surface area contributed by atoms with Crippen molar-refractivity contribution in [2.75, 3.05) is 0 Å². The quantitative estimate of drug-likeness (QED) is 0.564. The van der Waals surface area contributed by atoms with Crippen LogP contribution in [0.1, 0.15) is 41.7 Å². The van der Waals surface area contributed by atoms with Crippen LogP contribution in [-0.2, 0) is 14.3 Å². The summed E-state index contributed by atoms with van der Waals surface area (Å²) < 4.78 is 4.55. The standard InChI is InChI=1S/C10H9NO3S/c12-7-3-6(10(13)14-7)9-8(5-1-2-5)11-4-15-9/h4-6H,1-3H2. The summed E-state index contributed by atoms with van der Waals surface area (Å²) >= 11 is 1.46. The average Bonchev–Trinajstić information content (AvgIpc) is 2.83. The Labute approximate surface area is 90.3 Å². The number of rotatable bonds is 2. The highest BCUT2D eigenvalue weighted by molar-refractivity contribution is 7.10. The van der Waals surface area contributed by atoms with E-state index in [4.69, 9.17) is 0 Å². The average molecular weight is 223 g/mol. The fraction of sp³-hybridized carbons (Fsp3) is 0.500. The first kappa shape index (κ1) is 9.03. The minimum Gasteiger partial charge on any atom is -0.393 e. The van der Waals surface area contributed by atoms with Crippen LogP contribution in [-0.4, -0.2) is 16.9 Å². The summed E-state index contributed by atoms with van der Waals surface area (Å²) in [6.45, 7) is 0. The van der Waals surface area contributed by atoms with Crippen molar-refractivity contribution in [3.8, 4) is 0 Å². The first-order valence-electron chi connectivity index (χ1n) is 4.93. The third kappa shape index (κ3) is 1.47. The highest BCUT2D eigenvalue weighted by Gasteiger charge is 2.40. The molecule has 0 bridgehead atoms. The van der Waals surface area contributed by atoms with E-state index in [0.717, 1.165) is 23.4 Å². The fourth-order valence-corrected chi connectivity index (χ4v) is 2.83. The van der Waals surface area contributed by atoms with Crippen molar-refractivity contribution < 1.29 is 14.3 Å². The molecule has 3 rings (SSSR count). The van der Waals surface area contributed by atoms with E-state index in [2.05, 4.69) is 9.72 Å². The van der Waals surface area contributed by atoms with E-state index in [0.29, 0.717) is 5.92 Å². The van der Waals surface area contributed by atoms with Gasteiger partial charge in [0.2, 0.25) is 0 Å². The molecule has 1 aliphatic heterocycles. The number of hydrogen-bond donors (Lipinski definition) is 0. The van der Waals surface area contributed by atoms with Crippen molar-refractivity contribution >= 4 is 23.3 Å². The summed E-state index contributed by atoms with van der Waals surface area (Å²) in [5.74, 6) is -0.707. The Morgan fingerprint density at radius 2 is 2.20 bits per heavy atom. The Morgan fingerprint density at radius 3 is 2.80 bits per heavy atom. The Morgan fingerprint density at radius 1 is 1.40 bits per heavy atom. The van der Waals surface area contributed by atoms with E-state index in [1.807, 2.05) is 0 Å². The lowest BCUT2D eigenvalue weighted by molar-refractivity contribution is -0.152. The molecule has 2 aliphatic rings. The molecule has 0 radical (unpaired) electrons. The monoisotopic (exact) mass is 223 g/mol. The summed E-state index contributed by atoms with van der Waals surface area (Å²) in [5, 5.41) is 0. The van der Waals surface area contributed by atoms with Crippen molar-refractivity contribution in [1.82, 2.24) is 4.98 Å². The lowest BCUT2D eigenvalue weighted by Gasteiger charge is -2.03. The first-order valence-corrected chi connectivity index (χ1v) is 5.81. The highest BCUT2D eigenvalue weighted by atomic mass is 32.1. The molecule has 1 saturated carbocycles. The molecule has 0 aromatic carbocycles. The zero-order valence-electron chi connectivity index (χ0n) is 7.93. The van der Waals surface area contributed by atoms with Gasteiger partial charge in [-0.25, -0.2) is 4.98 Å². The highest BCUT2D eigenvalue weighted by Crippen LogP contribution is 2.45. The van der Waals surface area contributed by atoms with Crippen LogP contribution >= 0.6 is 11.3 Å². The maximum absolute atomic E-state index is 11.4. The minimum absolute atomic E-state index is 0.181. The van der Waals surface area contributed by atoms with Crippen molar-refractivity contribution in [1.29, 1.82) is 0 Å². The maximum atomic E-state index is 11.4. The van der Waals surface area contributed by atoms with Crippen molar-refractivity contribution in [2.45, 2.75) is 31.1 Å². The molecule has 78 valence electrons. The van der Waals surface area contributed by atoms with Crippen molar-refractivity contribution in [2.24, 2.45) is 0 Å². The van der Waals surface area contributed by atoms with Crippen molar-refractivity contribution in [3.63, 3.8) is 0 Å². The molecular formula is C10H9NO3S. The molecule has 1 unspecified atom stereocenters. The zero-order valence-corrected chi connectivity index (χ0v) is 8.75. The molecule has 1 saturated heterocycles. The van der Waals surface area contributed by atoms with Gasteiger partial charge in [0.1, 0.15) is 5.92 Å². The summed E-state index contributed by atoms with van der Waals surface area (Å²) in [6, 6.07) is 0. The van der Waals surface area contributed by atoms with Gasteiger partial charge in [0, 0.05) is 10.8 Å². The predicted octanol–water partition coefficient (Wildman–Crippen LogP) is 1.58. The Bertz CT molecular complexity index is 436. The topological polar surface area (TPSA) is 56.3 Å². The summed E-state index contributed by atoms with van der Waals surface area (Å²) in [4.78, 5) is 27.6. The third-order valence-corrected chi connectivity index (χ3v) is 3.73. The van der Waals surface area contributed by atoms with Gasteiger partial charge in [-0.05, 0) is 12.8 Å². The predicted molar refractivity (Wildman–Crippen MR) is 52.5 cm³/mol. The van der Waals surface area contributed by atoms with Crippen molar-refractivity contribution in [3.05, 3.63) is 16.1 Å². The van der Waals surface area contributed by atoms with Gasteiger partial charge in [0.15, 0.2) is 0 Å². The lowest BCUT2D eigenvalue weighted by atomic mass is 10.0. The number of hydrogen-bond acceptors (Lipinski definition) is 5. The lowest BCUT2D eigenvalue weighted by Crippen LogP contribution is -2.06. The fourth-order valence-electron chi connectivity index (χ4n) is 1.86. The molecule has 0 amide bonds. The number of carbonyl (C=O) groups excluding carboxylic acids is 2. The first-order chi connectivity index (χ1) is 7.25. The Kier molecular flexibility index (Phi) is 1.88. The molecule has 1 aromatic rings. The van der Waals surface area contributed by atoms with Gasteiger partial charge in [0.25, 0.3) is 0 Å². The van der Waals surface area contributed by atoms with Gasteiger partial charge in [0.05, 0.1) is 17.6 Å². The number of cyclic esters (lactones) is 2. The molecule has 1 aliphatic carbocycles. The van der Waals surface area contributed by atoms with Crippen LogP contribution in [0.4, 0.5) is 0 Å². The van der Waals surface area contributed by atoms with Crippen LogP contribution in [0.3, 0.4) is 0 Å². The van der Waals surface area contributed by atoms with Crippen LogP contribution < -0.4 is 0 Å². The van der Waals surface area contributed by atoms with E-state index in [1.54, 1.807) is 5.51 Å². The number of esters is 2. The number of carbonyl (C=O) groups is 2. The normalized spacial score (nSPS) is 25.7. The van der Waals surface area contributed by atoms with Crippen LogP contribution in [0.5, 0.6) is 0 Å². The second-order valence-electron chi connectivity index (χ2n) is 3.93. The van der Waals surface area contributed by atoms with Gasteiger partial charge in [-0.3, -0.25) is 9.59 Å². The van der Waals surface area contributed by atoms with Crippen LogP contribution in [0, 0.1) is 0 Å². The Hall–Kier alpha value is -1.23. The summed E-state index contributed by atoms with van der Waals surface area (Å²) in [6.07, 6.45) is 2.47. The molecule has 1 aromatic heterocycles. The van der Waals surface area contributed by atoms with E-state index in [-0.39, 0.29) is 12.3 Å². The van der Waals surface area contributed by atoms with Crippen LogP contribution in [0.25, 0.3) is 0 Å². The number of ether oxygens (including phenoxy) is 1. The SMILES string of the molecule is O=C1CC(c2scnc2C2CC2)C(=O)O1. The van der Waals surface area contributed by atoms with E-state index >= 15 is 0 Å². The van der Waals surface area contributed by atoms with Crippen LogP contribution in [0.2, 0.25) is 0 Å². The minimum atomic E-state index is -0.417. The molecule has 15 heavy (non-hydrogen) atoms. The number of aromatic nitrogens is 1. The molecule has 5 heteroatoms. The van der Waals surface area contributed by atoms with Crippen LogP contribution in [0.15, 0.2) is 5.51 Å². The second kappa shape index (κ2) is 3.13. The van der Waals surface area contributed by atoms with Gasteiger partial charge in [-0.2, -0.15) is 0 Å². The molecular weight excluding hydrogens is 214 g/mol. The molecule has 4 nitrogen and oxygen atoms in total. The summed E-state index contributed by atoms with van der Waals surface area (Å²) in [5.41, 5.74) is 2.76. The largest absolute Gasteiger partial charge is 0.393 e. The molecule has 1 atom stereocenters. The molecule has 0 spiro atoms. The van der Waals surface area contributed by atoms with Gasteiger partial charge < -0.3 is 4.74 Å². The zero-order chi connectivity index (χ0) is 10.4. The third-order valence-electron chi connectivity index (χ3n) is 2.77. The Balaban J connectivity index is 1.94. The van der Waals surface area contributed by atoms with Gasteiger partial charge in [-0.1, -0.05) is 0 Å². The molecule has 2 fully saturated rings. The smallest absolute Gasteiger partial charge is 0.322 e. The summed E-state index contributed by atoms with van der Waals surface area (Å²) in [7, 11) is 0. The maximum Gasteiger partial charge on any atom is 0.322 e. The number of nitrogens with zero attached hydrogens (tertiary/aromatic N) is 1. The van der Waals surface area contributed by atoms with Gasteiger partial charge >= 0.3 is 11.9 Å². The van der Waals surface area contributed by atoms with E-state index < -0.39 is 11.9 Å². The van der Waals surface area contributed by atoms with E-state index in [9.17, 15) is 9.59 Å². The number of thiazole rings is 1. The van der Waals surface area contributed by atoms with Gasteiger partial charge in [-0.15, -0.1) is 11.3 Å². The molecule has 0 N–H and O–H groups in total.